The number of carbonyl (C=O) groups excluding carboxylic acids is 1. The molecule has 20 heavy (non-hydrogen) atoms. The highest BCUT2D eigenvalue weighted by atomic mass is 16.5. The summed E-state index contributed by atoms with van der Waals surface area (Å²) in [7, 11) is 0. The van der Waals surface area contributed by atoms with E-state index in [0.29, 0.717) is 13.2 Å². The predicted molar refractivity (Wildman–Crippen MR) is 74.2 cm³/mol. The van der Waals surface area contributed by atoms with E-state index in [0.717, 1.165) is 11.1 Å². The highest BCUT2D eigenvalue weighted by molar-refractivity contribution is 5.94. The molecule has 1 saturated heterocycles. The Kier molecular flexibility index (Phi) is 4.53. The second-order valence-electron chi connectivity index (χ2n) is 4.70. The molecule has 1 aliphatic rings. The van der Waals surface area contributed by atoms with Crippen molar-refractivity contribution in [3.05, 3.63) is 41.5 Å². The van der Waals surface area contributed by atoms with Crippen molar-refractivity contribution in [1.82, 2.24) is 4.90 Å². The van der Waals surface area contributed by atoms with Gasteiger partial charge in [0.1, 0.15) is 0 Å². The zero-order valence-electron chi connectivity index (χ0n) is 11.3. The third kappa shape index (κ3) is 3.45. The summed E-state index contributed by atoms with van der Waals surface area (Å²) in [5.74, 6) is -1.34. The fraction of sp³-hybridized carbons (Fsp3) is 0.333. The lowest BCUT2D eigenvalue weighted by molar-refractivity contribution is -0.156. The number of benzene rings is 1. The van der Waals surface area contributed by atoms with Crippen molar-refractivity contribution in [2.75, 3.05) is 19.8 Å². The maximum absolute atomic E-state index is 12.1. The Labute approximate surface area is 117 Å². The standard InChI is InChI=1S/C15H17NO4/c1-11-2-4-12(5-3-11)6-7-14(17)16-8-9-20-10-13(16)15(18)19/h2-7,13H,8-10H2,1H3,(H,18,19)/b7-6-/t13-/m0/s1. The molecule has 1 aromatic rings. The van der Waals surface area contributed by atoms with Crippen LogP contribution >= 0.6 is 0 Å². The minimum Gasteiger partial charge on any atom is -0.480 e. The Morgan fingerprint density at radius 3 is 2.70 bits per heavy atom. The minimum atomic E-state index is -1.04. The molecule has 0 saturated carbocycles. The summed E-state index contributed by atoms with van der Waals surface area (Å²) in [5, 5.41) is 9.08. The van der Waals surface area contributed by atoms with E-state index in [1.165, 1.54) is 11.0 Å². The van der Waals surface area contributed by atoms with Gasteiger partial charge in [-0.2, -0.15) is 0 Å². The smallest absolute Gasteiger partial charge is 0.328 e. The summed E-state index contributed by atoms with van der Waals surface area (Å²) in [4.78, 5) is 24.5. The number of aliphatic carboxylic acids is 1. The van der Waals surface area contributed by atoms with Gasteiger partial charge in [-0.3, -0.25) is 4.79 Å². The molecule has 0 aliphatic carbocycles. The van der Waals surface area contributed by atoms with E-state index < -0.39 is 12.0 Å². The van der Waals surface area contributed by atoms with Crippen LogP contribution in [0.5, 0.6) is 0 Å². The fourth-order valence-corrected chi connectivity index (χ4v) is 2.01. The van der Waals surface area contributed by atoms with Crippen LogP contribution in [0.3, 0.4) is 0 Å². The Balaban J connectivity index is 2.06. The normalized spacial score (nSPS) is 19.2. The molecule has 1 heterocycles. The number of rotatable bonds is 3. The van der Waals surface area contributed by atoms with Crippen molar-refractivity contribution >= 4 is 18.0 Å². The van der Waals surface area contributed by atoms with Gasteiger partial charge in [0.25, 0.3) is 0 Å². The Morgan fingerprint density at radius 1 is 1.35 bits per heavy atom. The maximum atomic E-state index is 12.1. The zero-order valence-corrected chi connectivity index (χ0v) is 11.3. The van der Waals surface area contributed by atoms with Gasteiger partial charge in [-0.25, -0.2) is 4.79 Å². The van der Waals surface area contributed by atoms with Gasteiger partial charge < -0.3 is 14.7 Å². The number of carboxylic acids is 1. The molecule has 1 aromatic carbocycles. The van der Waals surface area contributed by atoms with Crippen molar-refractivity contribution < 1.29 is 19.4 Å². The summed E-state index contributed by atoms with van der Waals surface area (Å²) in [6.07, 6.45) is 3.10. The number of ether oxygens (including phenoxy) is 1. The van der Waals surface area contributed by atoms with E-state index in [2.05, 4.69) is 0 Å². The number of hydrogen-bond donors (Lipinski definition) is 1. The van der Waals surface area contributed by atoms with E-state index in [4.69, 9.17) is 9.84 Å². The highest BCUT2D eigenvalue weighted by Gasteiger charge is 2.31. The monoisotopic (exact) mass is 275 g/mol. The van der Waals surface area contributed by atoms with Crippen LogP contribution in [0.2, 0.25) is 0 Å². The number of carbonyl (C=O) groups is 2. The van der Waals surface area contributed by atoms with Gasteiger partial charge in [-0.1, -0.05) is 29.8 Å². The van der Waals surface area contributed by atoms with Gasteiger partial charge in [0.15, 0.2) is 6.04 Å². The van der Waals surface area contributed by atoms with E-state index in [9.17, 15) is 9.59 Å². The summed E-state index contributed by atoms with van der Waals surface area (Å²) < 4.78 is 5.10. The fourth-order valence-electron chi connectivity index (χ4n) is 2.01. The molecule has 0 unspecified atom stereocenters. The maximum Gasteiger partial charge on any atom is 0.328 e. The lowest BCUT2D eigenvalue weighted by Gasteiger charge is -2.31. The quantitative estimate of drug-likeness (QED) is 0.845. The molecule has 0 aromatic heterocycles. The van der Waals surface area contributed by atoms with Gasteiger partial charge in [0.2, 0.25) is 5.91 Å². The Morgan fingerprint density at radius 2 is 2.05 bits per heavy atom. The second-order valence-corrected chi connectivity index (χ2v) is 4.70. The van der Waals surface area contributed by atoms with Crippen molar-refractivity contribution in [3.63, 3.8) is 0 Å². The van der Waals surface area contributed by atoms with Crippen LogP contribution in [0.4, 0.5) is 0 Å². The zero-order chi connectivity index (χ0) is 14.5. The van der Waals surface area contributed by atoms with Gasteiger partial charge in [-0.05, 0) is 18.6 Å². The molecular weight excluding hydrogens is 258 g/mol. The molecule has 1 atom stereocenters. The van der Waals surface area contributed by atoms with E-state index in [1.54, 1.807) is 6.08 Å². The van der Waals surface area contributed by atoms with Crippen molar-refractivity contribution in [1.29, 1.82) is 0 Å². The van der Waals surface area contributed by atoms with Crippen LogP contribution in [0, 0.1) is 6.92 Å². The molecule has 1 fully saturated rings. The van der Waals surface area contributed by atoms with Gasteiger partial charge in [0.05, 0.1) is 13.2 Å². The minimum absolute atomic E-state index is 0.0411. The molecule has 1 amide bonds. The summed E-state index contributed by atoms with van der Waals surface area (Å²) in [5.41, 5.74) is 2.05. The molecule has 1 aliphatic heterocycles. The number of morpholine rings is 1. The Hall–Kier alpha value is -2.14. The number of nitrogens with zero attached hydrogens (tertiary/aromatic N) is 1. The molecule has 0 bridgehead atoms. The van der Waals surface area contributed by atoms with Crippen LogP contribution in [0.1, 0.15) is 11.1 Å². The molecule has 5 heteroatoms. The molecule has 2 rings (SSSR count). The first-order valence-electron chi connectivity index (χ1n) is 6.44. The lowest BCUT2D eigenvalue weighted by Crippen LogP contribution is -2.52. The third-order valence-electron chi connectivity index (χ3n) is 3.19. The van der Waals surface area contributed by atoms with Crippen LogP contribution < -0.4 is 0 Å². The molecule has 5 nitrogen and oxygen atoms in total. The van der Waals surface area contributed by atoms with E-state index in [1.807, 2.05) is 31.2 Å². The number of aryl methyl sites for hydroxylation is 1. The van der Waals surface area contributed by atoms with Crippen LogP contribution in [0.25, 0.3) is 6.08 Å². The predicted octanol–water partition coefficient (Wildman–Crippen LogP) is 1.32. The van der Waals surface area contributed by atoms with Gasteiger partial charge in [0, 0.05) is 12.6 Å². The number of amides is 1. The van der Waals surface area contributed by atoms with Crippen molar-refractivity contribution in [3.8, 4) is 0 Å². The average Bonchev–Trinajstić information content (AvgIpc) is 2.46. The van der Waals surface area contributed by atoms with Gasteiger partial charge in [-0.15, -0.1) is 0 Å². The van der Waals surface area contributed by atoms with Crippen molar-refractivity contribution in [2.24, 2.45) is 0 Å². The third-order valence-corrected chi connectivity index (χ3v) is 3.19. The molecule has 1 N–H and O–H groups in total. The number of carboxylic acid groups (broad SMARTS) is 1. The summed E-state index contributed by atoms with van der Waals surface area (Å²) >= 11 is 0. The van der Waals surface area contributed by atoms with Crippen LogP contribution in [0.15, 0.2) is 30.3 Å². The van der Waals surface area contributed by atoms with Gasteiger partial charge >= 0.3 is 5.97 Å². The average molecular weight is 275 g/mol. The molecule has 0 radical (unpaired) electrons. The summed E-state index contributed by atoms with van der Waals surface area (Å²) in [6, 6.07) is 6.83. The Bertz CT molecular complexity index is 521. The van der Waals surface area contributed by atoms with Crippen LogP contribution in [-0.2, 0) is 14.3 Å². The first kappa shape index (κ1) is 14.3. The molecule has 106 valence electrons. The SMILES string of the molecule is Cc1ccc(/C=C\C(=O)N2CCOC[C@H]2C(=O)O)cc1. The van der Waals surface area contributed by atoms with E-state index in [-0.39, 0.29) is 12.5 Å². The lowest BCUT2D eigenvalue weighted by atomic mass is 10.1. The first-order chi connectivity index (χ1) is 9.58. The summed E-state index contributed by atoms with van der Waals surface area (Å²) in [6.45, 7) is 2.70. The van der Waals surface area contributed by atoms with E-state index >= 15 is 0 Å². The highest BCUT2D eigenvalue weighted by Crippen LogP contribution is 2.10. The molecular formula is C15H17NO4. The number of hydrogen-bond acceptors (Lipinski definition) is 3. The molecule has 0 spiro atoms. The topological polar surface area (TPSA) is 66.8 Å². The largest absolute Gasteiger partial charge is 0.480 e. The van der Waals surface area contributed by atoms with Crippen LogP contribution in [-0.4, -0.2) is 47.7 Å². The second kappa shape index (κ2) is 6.34. The first-order valence-corrected chi connectivity index (χ1v) is 6.44. The van der Waals surface area contributed by atoms with Crippen molar-refractivity contribution in [2.45, 2.75) is 13.0 Å².